The lowest BCUT2D eigenvalue weighted by atomic mass is 9.89. The summed E-state index contributed by atoms with van der Waals surface area (Å²) < 4.78 is 23.9. The molecular weight excluding hydrogens is 186 g/mol. The third-order valence-electron chi connectivity index (χ3n) is 2.23. The Bertz CT molecular complexity index is 350. The quantitative estimate of drug-likeness (QED) is 0.634. The van der Waals surface area contributed by atoms with E-state index >= 15 is 0 Å². The summed E-state index contributed by atoms with van der Waals surface area (Å²) in [4.78, 5) is 0. The fourth-order valence-corrected chi connectivity index (χ4v) is 1.49. The van der Waals surface area contributed by atoms with Crippen LogP contribution in [0.5, 0.6) is 5.75 Å². The molecule has 1 aromatic rings. The number of phenolic OH excluding ortho intramolecular Hbond substituents is 1. The van der Waals surface area contributed by atoms with Gasteiger partial charge in [0.2, 0.25) is 0 Å². The van der Waals surface area contributed by atoms with Crippen molar-refractivity contribution in [2.45, 2.75) is 6.29 Å². The Labute approximate surface area is 81.9 Å². The predicted molar refractivity (Wildman–Crippen MR) is 50.9 cm³/mol. The van der Waals surface area contributed by atoms with E-state index in [1.54, 1.807) is 13.9 Å². The molecule has 1 N–H and O–H groups in total. The van der Waals surface area contributed by atoms with Crippen molar-refractivity contribution >= 4 is 13.3 Å². The Morgan fingerprint density at radius 3 is 2.64 bits per heavy atom. The van der Waals surface area contributed by atoms with E-state index < -0.39 is 12.1 Å². The molecule has 1 fully saturated rings. The maximum Gasteiger partial charge on any atom is 0.186 e. The van der Waals surface area contributed by atoms with E-state index in [4.69, 9.17) is 9.47 Å². The second-order valence-corrected chi connectivity index (χ2v) is 3.20. The lowest BCUT2D eigenvalue weighted by Crippen LogP contribution is -2.17. The molecule has 0 amide bonds. The van der Waals surface area contributed by atoms with E-state index in [0.29, 0.717) is 24.2 Å². The number of aromatic hydroxyl groups is 1. The number of rotatable bonds is 1. The van der Waals surface area contributed by atoms with Gasteiger partial charge in [-0.05, 0) is 6.07 Å². The summed E-state index contributed by atoms with van der Waals surface area (Å²) in [7, 11) is 1.75. The van der Waals surface area contributed by atoms with Gasteiger partial charge < -0.3 is 14.6 Å². The minimum absolute atomic E-state index is 0.294. The molecular formula is C9H10BFO3. The maximum absolute atomic E-state index is 13.5. The second kappa shape index (κ2) is 3.59. The number of phenols is 1. The maximum atomic E-state index is 13.5. The van der Waals surface area contributed by atoms with Gasteiger partial charge in [0, 0.05) is 5.56 Å². The number of hydrogen-bond donors (Lipinski definition) is 1. The van der Waals surface area contributed by atoms with Gasteiger partial charge in [0.15, 0.2) is 17.9 Å². The van der Waals surface area contributed by atoms with Gasteiger partial charge in [0.1, 0.15) is 7.85 Å². The average molecular weight is 196 g/mol. The molecule has 0 spiro atoms. The van der Waals surface area contributed by atoms with Crippen molar-refractivity contribution < 1.29 is 19.0 Å². The van der Waals surface area contributed by atoms with E-state index in [0.717, 1.165) is 0 Å². The van der Waals surface area contributed by atoms with E-state index in [9.17, 15) is 9.50 Å². The van der Waals surface area contributed by atoms with Gasteiger partial charge in [-0.15, -0.1) is 0 Å². The van der Waals surface area contributed by atoms with Crippen LogP contribution in [0.1, 0.15) is 11.9 Å². The Morgan fingerprint density at radius 1 is 1.36 bits per heavy atom. The molecule has 0 unspecified atom stereocenters. The van der Waals surface area contributed by atoms with Crippen LogP contribution in [0.2, 0.25) is 0 Å². The fourth-order valence-electron chi connectivity index (χ4n) is 1.49. The predicted octanol–water partition coefficient (Wildman–Crippen LogP) is -0.165. The molecule has 1 aliphatic rings. The van der Waals surface area contributed by atoms with Crippen molar-refractivity contribution in [1.29, 1.82) is 0 Å². The van der Waals surface area contributed by atoms with Crippen molar-refractivity contribution in [2.24, 2.45) is 0 Å². The van der Waals surface area contributed by atoms with Crippen LogP contribution in [0.4, 0.5) is 4.39 Å². The molecule has 1 aromatic carbocycles. The SMILES string of the molecule is Bc1ccc(O)c(F)c1C1OCCO1. The van der Waals surface area contributed by atoms with E-state index in [1.165, 1.54) is 6.07 Å². The summed E-state index contributed by atoms with van der Waals surface area (Å²) in [6.45, 7) is 0.915. The van der Waals surface area contributed by atoms with Crippen LogP contribution in [0.25, 0.3) is 0 Å². The van der Waals surface area contributed by atoms with Crippen molar-refractivity contribution in [3.05, 3.63) is 23.5 Å². The fraction of sp³-hybridized carbons (Fsp3) is 0.333. The first-order valence-electron chi connectivity index (χ1n) is 4.41. The largest absolute Gasteiger partial charge is 0.505 e. The lowest BCUT2D eigenvalue weighted by molar-refractivity contribution is -0.0458. The van der Waals surface area contributed by atoms with Gasteiger partial charge >= 0.3 is 0 Å². The monoisotopic (exact) mass is 196 g/mol. The summed E-state index contributed by atoms with van der Waals surface area (Å²) in [6.07, 6.45) is -0.679. The van der Waals surface area contributed by atoms with Crippen LogP contribution in [0.3, 0.4) is 0 Å². The van der Waals surface area contributed by atoms with E-state index in [-0.39, 0.29) is 5.75 Å². The average Bonchev–Trinajstić information content (AvgIpc) is 2.65. The number of ether oxygens (including phenoxy) is 2. The molecule has 0 saturated carbocycles. The van der Waals surface area contributed by atoms with Crippen LogP contribution in [-0.2, 0) is 9.47 Å². The molecule has 1 saturated heterocycles. The van der Waals surface area contributed by atoms with Crippen LogP contribution in [-0.4, -0.2) is 26.2 Å². The Morgan fingerprint density at radius 2 is 2.00 bits per heavy atom. The lowest BCUT2D eigenvalue weighted by Gasteiger charge is -2.14. The summed E-state index contributed by atoms with van der Waals surface area (Å²) in [5, 5.41) is 9.20. The molecule has 74 valence electrons. The molecule has 3 nitrogen and oxygen atoms in total. The number of halogens is 1. The minimum Gasteiger partial charge on any atom is -0.505 e. The first-order chi connectivity index (χ1) is 6.70. The van der Waals surface area contributed by atoms with Crippen LogP contribution < -0.4 is 5.46 Å². The van der Waals surface area contributed by atoms with Crippen molar-refractivity contribution in [1.82, 2.24) is 0 Å². The van der Waals surface area contributed by atoms with Gasteiger partial charge in [0.05, 0.1) is 13.2 Å². The molecule has 1 heterocycles. The first-order valence-corrected chi connectivity index (χ1v) is 4.41. The molecule has 0 aliphatic carbocycles. The van der Waals surface area contributed by atoms with Crippen molar-refractivity contribution in [2.75, 3.05) is 13.2 Å². The van der Waals surface area contributed by atoms with Crippen LogP contribution in [0.15, 0.2) is 12.1 Å². The third kappa shape index (κ3) is 1.49. The second-order valence-electron chi connectivity index (χ2n) is 3.20. The zero-order valence-electron chi connectivity index (χ0n) is 7.79. The van der Waals surface area contributed by atoms with Gasteiger partial charge in [-0.1, -0.05) is 11.5 Å². The minimum atomic E-state index is -0.679. The molecule has 0 radical (unpaired) electrons. The normalized spacial score (nSPS) is 17.5. The Kier molecular flexibility index (Phi) is 2.43. The highest BCUT2D eigenvalue weighted by atomic mass is 19.1. The Hall–Kier alpha value is -1.07. The van der Waals surface area contributed by atoms with E-state index in [1.807, 2.05) is 0 Å². The highest BCUT2D eigenvalue weighted by Gasteiger charge is 2.24. The van der Waals surface area contributed by atoms with Gasteiger partial charge in [-0.2, -0.15) is 0 Å². The van der Waals surface area contributed by atoms with Crippen molar-refractivity contribution in [3.8, 4) is 5.75 Å². The molecule has 2 rings (SSSR count). The van der Waals surface area contributed by atoms with Gasteiger partial charge in [-0.3, -0.25) is 0 Å². The number of benzene rings is 1. The molecule has 0 atom stereocenters. The number of hydrogen-bond acceptors (Lipinski definition) is 3. The van der Waals surface area contributed by atoms with Gasteiger partial charge in [0.25, 0.3) is 0 Å². The Balaban J connectivity index is 2.44. The molecule has 5 heteroatoms. The molecule has 1 aliphatic heterocycles. The van der Waals surface area contributed by atoms with Crippen LogP contribution in [0, 0.1) is 5.82 Å². The standard InChI is InChI=1S/C9H10BFO3/c10-5-1-2-6(12)8(11)7(5)9-13-3-4-14-9/h1-2,9,12H,3-4,10H2. The molecule has 0 bridgehead atoms. The molecule has 14 heavy (non-hydrogen) atoms. The smallest absolute Gasteiger partial charge is 0.186 e. The summed E-state index contributed by atoms with van der Waals surface area (Å²) in [6, 6.07) is 2.96. The van der Waals surface area contributed by atoms with Gasteiger partial charge in [-0.25, -0.2) is 4.39 Å². The topological polar surface area (TPSA) is 38.7 Å². The highest BCUT2D eigenvalue weighted by Crippen LogP contribution is 2.27. The van der Waals surface area contributed by atoms with Crippen LogP contribution >= 0.6 is 0 Å². The zero-order valence-corrected chi connectivity index (χ0v) is 7.79. The summed E-state index contributed by atoms with van der Waals surface area (Å²) in [5.74, 6) is -1.03. The third-order valence-corrected chi connectivity index (χ3v) is 2.23. The van der Waals surface area contributed by atoms with Crippen molar-refractivity contribution in [3.63, 3.8) is 0 Å². The summed E-state index contributed by atoms with van der Waals surface area (Å²) in [5.41, 5.74) is 1.01. The highest BCUT2D eigenvalue weighted by molar-refractivity contribution is 6.33. The zero-order chi connectivity index (χ0) is 10.1. The summed E-state index contributed by atoms with van der Waals surface area (Å²) >= 11 is 0. The first kappa shape index (κ1) is 9.49. The van der Waals surface area contributed by atoms with E-state index in [2.05, 4.69) is 0 Å². The molecule has 0 aromatic heterocycles.